The van der Waals surface area contributed by atoms with E-state index >= 15 is 0 Å². The molecule has 26 heavy (non-hydrogen) atoms. The van der Waals surface area contributed by atoms with Gasteiger partial charge in [0.2, 0.25) is 0 Å². The van der Waals surface area contributed by atoms with Gasteiger partial charge in [0, 0.05) is 21.2 Å². The first-order valence-corrected chi connectivity index (χ1v) is 8.96. The number of hydrogen-bond acceptors (Lipinski definition) is 3. The van der Waals surface area contributed by atoms with Crippen LogP contribution in [0.3, 0.4) is 0 Å². The quantitative estimate of drug-likeness (QED) is 0.508. The summed E-state index contributed by atoms with van der Waals surface area (Å²) in [7, 11) is 3.24. The second kappa shape index (κ2) is 7.75. The van der Waals surface area contributed by atoms with Crippen LogP contribution >= 0.6 is 15.9 Å². The zero-order chi connectivity index (χ0) is 18.7. The van der Waals surface area contributed by atoms with E-state index in [1.807, 2.05) is 67.6 Å². The number of carbonyl (C=O) groups is 1. The van der Waals surface area contributed by atoms with Gasteiger partial charge in [-0.25, -0.2) is 0 Å². The third-order valence-corrected chi connectivity index (χ3v) is 4.75. The zero-order valence-electron chi connectivity index (χ0n) is 14.9. The number of ether oxygens (including phenoxy) is 2. The third-order valence-electron chi connectivity index (χ3n) is 4.22. The molecule has 0 spiro atoms. The number of hydrogen-bond donors (Lipinski definition) is 0. The first-order chi connectivity index (χ1) is 12.5. The van der Waals surface area contributed by atoms with E-state index in [0.29, 0.717) is 22.6 Å². The maximum absolute atomic E-state index is 13.2. The fourth-order valence-electron chi connectivity index (χ4n) is 2.86. The summed E-state index contributed by atoms with van der Waals surface area (Å²) in [6, 6.07) is 18.8. The smallest absolute Gasteiger partial charge is 0.193 e. The molecule has 0 aliphatic heterocycles. The van der Waals surface area contributed by atoms with Crippen LogP contribution in [0, 0.1) is 6.92 Å². The summed E-state index contributed by atoms with van der Waals surface area (Å²) in [6.45, 7) is 1.98. The average molecular weight is 411 g/mol. The number of carbonyl (C=O) groups excluding carboxylic acids is 1. The summed E-state index contributed by atoms with van der Waals surface area (Å²) in [5.74, 6) is 1.38. The minimum atomic E-state index is -0.0268. The summed E-state index contributed by atoms with van der Waals surface area (Å²) in [5.41, 5.74) is 3.95. The van der Waals surface area contributed by atoms with Crippen molar-refractivity contribution >= 4 is 21.7 Å². The highest BCUT2D eigenvalue weighted by atomic mass is 79.9. The van der Waals surface area contributed by atoms with Gasteiger partial charge in [0.1, 0.15) is 11.5 Å². The number of methoxy groups -OCH3 is 2. The van der Waals surface area contributed by atoms with E-state index in [1.54, 1.807) is 14.2 Å². The Balaban J connectivity index is 2.18. The number of halogens is 1. The molecule has 0 bridgehead atoms. The molecular formula is C22H19BrO3. The minimum Gasteiger partial charge on any atom is -0.497 e. The van der Waals surface area contributed by atoms with Gasteiger partial charge in [0.05, 0.1) is 14.2 Å². The highest BCUT2D eigenvalue weighted by molar-refractivity contribution is 9.10. The lowest BCUT2D eigenvalue weighted by molar-refractivity contribution is 0.103. The van der Waals surface area contributed by atoms with E-state index in [4.69, 9.17) is 9.47 Å². The standard InChI is InChI=1S/C22H19BrO3/c1-14-4-10-18(19-13-17(25-2)9-11-21(19)26-3)20(12-14)22(24)15-5-7-16(23)8-6-15/h4-13H,1-3H3. The molecule has 4 heteroatoms. The fraction of sp³-hybridized carbons (Fsp3) is 0.136. The van der Waals surface area contributed by atoms with Crippen molar-refractivity contribution in [2.45, 2.75) is 6.92 Å². The van der Waals surface area contributed by atoms with Crippen LogP contribution in [0.25, 0.3) is 11.1 Å². The van der Waals surface area contributed by atoms with Gasteiger partial charge in [-0.05, 0) is 61.0 Å². The fourth-order valence-corrected chi connectivity index (χ4v) is 3.13. The van der Waals surface area contributed by atoms with Crippen LogP contribution in [0.4, 0.5) is 0 Å². The molecule has 0 N–H and O–H groups in total. The second-order valence-electron chi connectivity index (χ2n) is 5.95. The second-order valence-corrected chi connectivity index (χ2v) is 6.87. The molecule has 0 amide bonds. The molecule has 0 atom stereocenters. The van der Waals surface area contributed by atoms with Gasteiger partial charge >= 0.3 is 0 Å². The summed E-state index contributed by atoms with van der Waals surface area (Å²) >= 11 is 3.41. The molecular weight excluding hydrogens is 392 g/mol. The molecule has 0 radical (unpaired) electrons. The monoisotopic (exact) mass is 410 g/mol. The van der Waals surface area contributed by atoms with Gasteiger partial charge in [-0.2, -0.15) is 0 Å². The summed E-state index contributed by atoms with van der Waals surface area (Å²) in [5, 5.41) is 0. The predicted molar refractivity (Wildman–Crippen MR) is 107 cm³/mol. The van der Waals surface area contributed by atoms with Crippen molar-refractivity contribution in [1.82, 2.24) is 0 Å². The van der Waals surface area contributed by atoms with Crippen molar-refractivity contribution in [2.24, 2.45) is 0 Å². The molecule has 132 valence electrons. The number of benzene rings is 3. The van der Waals surface area contributed by atoms with E-state index in [1.165, 1.54) is 0 Å². The SMILES string of the molecule is COc1ccc(OC)c(-c2ccc(C)cc2C(=O)c2ccc(Br)cc2)c1. The first-order valence-electron chi connectivity index (χ1n) is 8.17. The summed E-state index contributed by atoms with van der Waals surface area (Å²) in [4.78, 5) is 13.2. The van der Waals surface area contributed by atoms with Crippen molar-refractivity contribution < 1.29 is 14.3 Å². The van der Waals surface area contributed by atoms with Gasteiger partial charge in [-0.1, -0.05) is 33.6 Å². The maximum Gasteiger partial charge on any atom is 0.193 e. The lowest BCUT2D eigenvalue weighted by atomic mass is 9.92. The molecule has 0 saturated carbocycles. The highest BCUT2D eigenvalue weighted by Crippen LogP contribution is 2.36. The molecule has 0 fully saturated rings. The van der Waals surface area contributed by atoms with Gasteiger partial charge in [0.25, 0.3) is 0 Å². The van der Waals surface area contributed by atoms with Crippen LogP contribution in [0.1, 0.15) is 21.5 Å². The topological polar surface area (TPSA) is 35.5 Å². The van der Waals surface area contributed by atoms with Crippen molar-refractivity contribution in [2.75, 3.05) is 14.2 Å². The Bertz CT molecular complexity index is 946. The van der Waals surface area contributed by atoms with E-state index in [0.717, 1.165) is 21.2 Å². The molecule has 0 aromatic heterocycles. The lowest BCUT2D eigenvalue weighted by Gasteiger charge is -2.15. The van der Waals surface area contributed by atoms with Gasteiger partial charge in [-0.15, -0.1) is 0 Å². The Morgan fingerprint density at radius 3 is 2.23 bits per heavy atom. The number of aryl methyl sites for hydroxylation is 1. The number of rotatable bonds is 5. The molecule has 0 unspecified atom stereocenters. The molecule has 3 rings (SSSR count). The number of ketones is 1. The van der Waals surface area contributed by atoms with Gasteiger partial charge < -0.3 is 9.47 Å². The Morgan fingerprint density at radius 2 is 1.58 bits per heavy atom. The van der Waals surface area contributed by atoms with Crippen molar-refractivity contribution in [1.29, 1.82) is 0 Å². The largest absolute Gasteiger partial charge is 0.497 e. The van der Waals surface area contributed by atoms with Crippen LogP contribution in [-0.4, -0.2) is 20.0 Å². The minimum absolute atomic E-state index is 0.0268. The van der Waals surface area contributed by atoms with E-state index in [-0.39, 0.29) is 5.78 Å². The van der Waals surface area contributed by atoms with Crippen LogP contribution in [0.5, 0.6) is 11.5 Å². The van der Waals surface area contributed by atoms with Crippen LogP contribution < -0.4 is 9.47 Å². The Labute approximate surface area is 161 Å². The Morgan fingerprint density at radius 1 is 0.846 bits per heavy atom. The molecule has 3 nitrogen and oxygen atoms in total. The van der Waals surface area contributed by atoms with E-state index in [9.17, 15) is 4.79 Å². The normalized spacial score (nSPS) is 10.5. The average Bonchev–Trinajstić information content (AvgIpc) is 2.67. The first kappa shape index (κ1) is 18.2. The summed E-state index contributed by atoms with van der Waals surface area (Å²) in [6.07, 6.45) is 0. The Kier molecular flexibility index (Phi) is 5.43. The molecule has 0 aliphatic carbocycles. The highest BCUT2D eigenvalue weighted by Gasteiger charge is 2.18. The van der Waals surface area contributed by atoms with Crippen LogP contribution in [0.15, 0.2) is 65.1 Å². The van der Waals surface area contributed by atoms with Gasteiger partial charge in [0.15, 0.2) is 5.78 Å². The third kappa shape index (κ3) is 3.65. The Hall–Kier alpha value is -2.59. The molecule has 3 aromatic rings. The zero-order valence-corrected chi connectivity index (χ0v) is 16.5. The molecule has 3 aromatic carbocycles. The van der Waals surface area contributed by atoms with Crippen molar-refractivity contribution in [3.63, 3.8) is 0 Å². The lowest BCUT2D eigenvalue weighted by Crippen LogP contribution is -2.05. The predicted octanol–water partition coefficient (Wildman–Crippen LogP) is 5.67. The van der Waals surface area contributed by atoms with E-state index in [2.05, 4.69) is 15.9 Å². The maximum atomic E-state index is 13.2. The summed E-state index contributed by atoms with van der Waals surface area (Å²) < 4.78 is 11.8. The van der Waals surface area contributed by atoms with E-state index < -0.39 is 0 Å². The van der Waals surface area contributed by atoms with Crippen LogP contribution in [-0.2, 0) is 0 Å². The van der Waals surface area contributed by atoms with Crippen molar-refractivity contribution in [3.05, 3.63) is 81.8 Å². The molecule has 0 aliphatic rings. The molecule has 0 saturated heterocycles. The molecule has 0 heterocycles. The van der Waals surface area contributed by atoms with Gasteiger partial charge in [-0.3, -0.25) is 4.79 Å². The van der Waals surface area contributed by atoms with Crippen molar-refractivity contribution in [3.8, 4) is 22.6 Å². The van der Waals surface area contributed by atoms with Crippen LogP contribution in [0.2, 0.25) is 0 Å².